The highest BCUT2D eigenvalue weighted by Gasteiger charge is 2.23. The number of hydrogen-bond donors (Lipinski definition) is 3. The van der Waals surface area contributed by atoms with E-state index in [2.05, 4.69) is 5.32 Å². The number of hydrogen-bond acceptors (Lipinski definition) is 3. The molecule has 0 aliphatic heterocycles. The van der Waals surface area contributed by atoms with Gasteiger partial charge in [-0.15, -0.1) is 0 Å². The van der Waals surface area contributed by atoms with Crippen LogP contribution >= 0.6 is 0 Å². The van der Waals surface area contributed by atoms with Crippen molar-refractivity contribution in [2.24, 2.45) is 0 Å². The lowest BCUT2D eigenvalue weighted by molar-refractivity contribution is 0.0687. The third-order valence-corrected chi connectivity index (χ3v) is 3.38. The molecule has 0 aromatic heterocycles. The standard InChI is InChI=1S/C14H17NO4/c16-10-5-3-4-9(8-10)15-13(17)11-6-1-2-7-12(11)14(18)19/h1-2,6-7,9-10,16H,3-5,8H2,(H,15,17)(H,18,19). The molecule has 1 aliphatic carbocycles. The number of aliphatic hydroxyl groups excluding tert-OH is 1. The number of amides is 1. The van der Waals surface area contributed by atoms with Crippen molar-refractivity contribution in [3.8, 4) is 0 Å². The summed E-state index contributed by atoms with van der Waals surface area (Å²) in [6.45, 7) is 0. The van der Waals surface area contributed by atoms with Gasteiger partial charge in [0.25, 0.3) is 5.91 Å². The minimum Gasteiger partial charge on any atom is -0.478 e. The molecule has 19 heavy (non-hydrogen) atoms. The maximum absolute atomic E-state index is 12.1. The molecule has 0 saturated heterocycles. The zero-order chi connectivity index (χ0) is 13.8. The van der Waals surface area contributed by atoms with Gasteiger partial charge in [0, 0.05) is 6.04 Å². The predicted molar refractivity (Wildman–Crippen MR) is 69.1 cm³/mol. The second kappa shape index (κ2) is 5.84. The monoisotopic (exact) mass is 263 g/mol. The summed E-state index contributed by atoms with van der Waals surface area (Å²) in [7, 11) is 0. The molecule has 1 fully saturated rings. The molecule has 1 saturated carbocycles. The first kappa shape index (κ1) is 13.5. The molecule has 2 rings (SSSR count). The van der Waals surface area contributed by atoms with Gasteiger partial charge in [0.1, 0.15) is 0 Å². The Labute approximate surface area is 111 Å². The van der Waals surface area contributed by atoms with Crippen molar-refractivity contribution in [3.05, 3.63) is 35.4 Å². The van der Waals surface area contributed by atoms with Crippen LogP contribution in [-0.2, 0) is 0 Å². The number of nitrogens with one attached hydrogen (secondary N) is 1. The Morgan fingerprint density at radius 3 is 2.47 bits per heavy atom. The van der Waals surface area contributed by atoms with E-state index in [1.165, 1.54) is 12.1 Å². The zero-order valence-corrected chi connectivity index (χ0v) is 10.5. The van der Waals surface area contributed by atoms with Crippen molar-refractivity contribution in [1.29, 1.82) is 0 Å². The summed E-state index contributed by atoms with van der Waals surface area (Å²) in [5.41, 5.74) is 0.159. The maximum Gasteiger partial charge on any atom is 0.336 e. The van der Waals surface area contributed by atoms with E-state index >= 15 is 0 Å². The summed E-state index contributed by atoms with van der Waals surface area (Å²) >= 11 is 0. The van der Waals surface area contributed by atoms with Crippen molar-refractivity contribution in [2.45, 2.75) is 37.8 Å². The number of carboxylic acid groups (broad SMARTS) is 1. The van der Waals surface area contributed by atoms with Crippen LogP contribution in [0.5, 0.6) is 0 Å². The van der Waals surface area contributed by atoms with E-state index in [-0.39, 0.29) is 23.3 Å². The molecule has 0 heterocycles. The molecule has 0 spiro atoms. The normalized spacial score (nSPS) is 22.8. The van der Waals surface area contributed by atoms with E-state index in [9.17, 15) is 14.7 Å². The summed E-state index contributed by atoms with van der Waals surface area (Å²) in [6, 6.07) is 6.05. The molecule has 3 N–H and O–H groups in total. The molecular formula is C14H17NO4. The zero-order valence-electron chi connectivity index (χ0n) is 10.5. The van der Waals surface area contributed by atoms with Crippen LogP contribution in [-0.4, -0.2) is 34.2 Å². The molecule has 5 heteroatoms. The molecule has 2 atom stereocenters. The maximum atomic E-state index is 12.1. The summed E-state index contributed by atoms with van der Waals surface area (Å²) < 4.78 is 0. The van der Waals surface area contributed by atoms with Crippen LogP contribution in [0.1, 0.15) is 46.4 Å². The van der Waals surface area contributed by atoms with Crippen LogP contribution in [0, 0.1) is 0 Å². The number of aromatic carboxylic acids is 1. The smallest absolute Gasteiger partial charge is 0.336 e. The first-order valence-corrected chi connectivity index (χ1v) is 6.39. The number of rotatable bonds is 3. The van der Waals surface area contributed by atoms with Gasteiger partial charge in [0.2, 0.25) is 0 Å². The van der Waals surface area contributed by atoms with Crippen molar-refractivity contribution >= 4 is 11.9 Å². The van der Waals surface area contributed by atoms with Gasteiger partial charge in [-0.3, -0.25) is 4.79 Å². The van der Waals surface area contributed by atoms with Crippen LogP contribution in [0.15, 0.2) is 24.3 Å². The van der Waals surface area contributed by atoms with E-state index in [1.54, 1.807) is 12.1 Å². The molecule has 1 aromatic carbocycles. The lowest BCUT2D eigenvalue weighted by Crippen LogP contribution is -2.40. The topological polar surface area (TPSA) is 86.6 Å². The molecule has 1 aliphatic rings. The second-order valence-electron chi connectivity index (χ2n) is 4.84. The van der Waals surface area contributed by atoms with Crippen molar-refractivity contribution < 1.29 is 19.8 Å². The molecular weight excluding hydrogens is 246 g/mol. The van der Waals surface area contributed by atoms with Gasteiger partial charge in [0.15, 0.2) is 0 Å². The highest BCUT2D eigenvalue weighted by atomic mass is 16.4. The molecule has 0 radical (unpaired) electrons. The first-order valence-electron chi connectivity index (χ1n) is 6.39. The number of benzene rings is 1. The summed E-state index contributed by atoms with van der Waals surface area (Å²) in [4.78, 5) is 23.1. The minimum atomic E-state index is -1.12. The van der Waals surface area contributed by atoms with Crippen molar-refractivity contribution in [3.63, 3.8) is 0 Å². The highest BCUT2D eigenvalue weighted by Crippen LogP contribution is 2.19. The average Bonchev–Trinajstić information content (AvgIpc) is 2.38. The van der Waals surface area contributed by atoms with Gasteiger partial charge in [-0.1, -0.05) is 12.1 Å². The van der Waals surface area contributed by atoms with Crippen LogP contribution in [0.4, 0.5) is 0 Å². The van der Waals surface area contributed by atoms with E-state index < -0.39 is 11.9 Å². The molecule has 1 aromatic rings. The summed E-state index contributed by atoms with van der Waals surface area (Å²) in [5.74, 6) is -1.51. The molecule has 102 valence electrons. The fourth-order valence-corrected chi connectivity index (χ4v) is 2.43. The van der Waals surface area contributed by atoms with Gasteiger partial charge in [-0.2, -0.15) is 0 Å². The number of carboxylic acids is 1. The third kappa shape index (κ3) is 3.32. The fraction of sp³-hybridized carbons (Fsp3) is 0.429. The minimum absolute atomic E-state index is 0.00337. The Bertz CT molecular complexity index is 486. The van der Waals surface area contributed by atoms with Gasteiger partial charge in [0.05, 0.1) is 17.2 Å². The van der Waals surface area contributed by atoms with E-state index in [0.717, 1.165) is 19.3 Å². The summed E-state index contributed by atoms with van der Waals surface area (Å²) in [6.07, 6.45) is 2.60. The van der Waals surface area contributed by atoms with Crippen LogP contribution in [0.25, 0.3) is 0 Å². The SMILES string of the molecule is O=C(O)c1ccccc1C(=O)NC1CCCC(O)C1. The van der Waals surface area contributed by atoms with Gasteiger partial charge in [-0.25, -0.2) is 4.79 Å². The van der Waals surface area contributed by atoms with Crippen molar-refractivity contribution in [2.75, 3.05) is 0 Å². The lowest BCUT2D eigenvalue weighted by Gasteiger charge is -2.26. The largest absolute Gasteiger partial charge is 0.478 e. The van der Waals surface area contributed by atoms with E-state index in [4.69, 9.17) is 5.11 Å². The van der Waals surface area contributed by atoms with Gasteiger partial charge in [-0.05, 0) is 37.8 Å². The quantitative estimate of drug-likeness (QED) is 0.769. The molecule has 1 amide bonds. The fourth-order valence-electron chi connectivity index (χ4n) is 2.43. The summed E-state index contributed by atoms with van der Waals surface area (Å²) in [5, 5.41) is 21.4. The second-order valence-corrected chi connectivity index (χ2v) is 4.84. The Morgan fingerprint density at radius 1 is 1.16 bits per heavy atom. The average molecular weight is 263 g/mol. The van der Waals surface area contributed by atoms with E-state index in [0.29, 0.717) is 6.42 Å². The van der Waals surface area contributed by atoms with E-state index in [1.807, 2.05) is 0 Å². The number of carbonyl (C=O) groups is 2. The Kier molecular flexibility index (Phi) is 4.16. The Balaban J connectivity index is 2.09. The molecule has 5 nitrogen and oxygen atoms in total. The highest BCUT2D eigenvalue weighted by molar-refractivity contribution is 6.04. The predicted octanol–water partition coefficient (Wildman–Crippen LogP) is 1.42. The number of aliphatic hydroxyl groups is 1. The molecule has 0 bridgehead atoms. The van der Waals surface area contributed by atoms with Crippen LogP contribution in [0.2, 0.25) is 0 Å². The van der Waals surface area contributed by atoms with Crippen LogP contribution < -0.4 is 5.32 Å². The lowest BCUT2D eigenvalue weighted by atomic mass is 9.92. The first-order chi connectivity index (χ1) is 9.08. The number of carbonyl (C=O) groups excluding carboxylic acids is 1. The van der Waals surface area contributed by atoms with Gasteiger partial charge >= 0.3 is 5.97 Å². The van der Waals surface area contributed by atoms with Gasteiger partial charge < -0.3 is 15.5 Å². The third-order valence-electron chi connectivity index (χ3n) is 3.38. The van der Waals surface area contributed by atoms with Crippen LogP contribution in [0.3, 0.4) is 0 Å². The Hall–Kier alpha value is -1.88. The van der Waals surface area contributed by atoms with Crippen molar-refractivity contribution in [1.82, 2.24) is 5.32 Å². The Morgan fingerprint density at radius 2 is 1.84 bits per heavy atom. The molecule has 2 unspecified atom stereocenters.